The highest BCUT2D eigenvalue weighted by molar-refractivity contribution is 5.82. The van der Waals surface area contributed by atoms with Crippen molar-refractivity contribution < 1.29 is 14.5 Å². The molecule has 0 aliphatic carbocycles. The van der Waals surface area contributed by atoms with Gasteiger partial charge in [-0.1, -0.05) is 19.1 Å². The molecule has 2 rings (SSSR count). The summed E-state index contributed by atoms with van der Waals surface area (Å²) in [6, 6.07) is 6.53. The van der Waals surface area contributed by atoms with Gasteiger partial charge < -0.3 is 20.3 Å². The van der Waals surface area contributed by atoms with Gasteiger partial charge in [0, 0.05) is 32.2 Å². The molecule has 2 unspecified atom stereocenters. The molecule has 9 heteroatoms. The van der Waals surface area contributed by atoms with Crippen molar-refractivity contribution in [3.05, 3.63) is 34.4 Å². The van der Waals surface area contributed by atoms with Gasteiger partial charge in [0.05, 0.1) is 24.5 Å². The van der Waals surface area contributed by atoms with Crippen LogP contribution in [0.2, 0.25) is 0 Å². The van der Waals surface area contributed by atoms with Crippen LogP contribution in [0.25, 0.3) is 0 Å². The number of rotatable bonds is 7. The highest BCUT2D eigenvalue weighted by Gasteiger charge is 2.36. The van der Waals surface area contributed by atoms with Gasteiger partial charge in [0.2, 0.25) is 0 Å². The molecule has 1 aromatic carbocycles. The van der Waals surface area contributed by atoms with Crippen molar-refractivity contribution in [3.8, 4) is 0 Å². The van der Waals surface area contributed by atoms with E-state index in [1.807, 2.05) is 13.8 Å². The van der Waals surface area contributed by atoms with Crippen LogP contribution in [0.1, 0.15) is 13.8 Å². The van der Waals surface area contributed by atoms with Crippen molar-refractivity contribution in [2.24, 2.45) is 16.8 Å². The van der Waals surface area contributed by atoms with Crippen molar-refractivity contribution in [1.82, 2.24) is 10.2 Å². The van der Waals surface area contributed by atoms with Crippen LogP contribution in [0.15, 0.2) is 29.3 Å². The van der Waals surface area contributed by atoms with Gasteiger partial charge in [-0.05, 0) is 18.9 Å². The summed E-state index contributed by atoms with van der Waals surface area (Å²) >= 11 is 0. The number of guanidine groups is 1. The number of nitro groups is 1. The predicted molar refractivity (Wildman–Crippen MR) is 104 cm³/mol. The van der Waals surface area contributed by atoms with Crippen LogP contribution in [-0.4, -0.2) is 61.6 Å². The zero-order valence-electron chi connectivity index (χ0n) is 16.0. The van der Waals surface area contributed by atoms with E-state index in [9.17, 15) is 14.9 Å². The Kier molecular flexibility index (Phi) is 7.39. The summed E-state index contributed by atoms with van der Waals surface area (Å²) in [5, 5.41) is 17.3. The number of nitro benzene ring substituents is 1. The maximum Gasteiger partial charge on any atom is 0.310 e. The van der Waals surface area contributed by atoms with E-state index < -0.39 is 4.92 Å². The number of aliphatic imine (C=N–C) groups is 1. The van der Waals surface area contributed by atoms with E-state index in [4.69, 9.17) is 4.74 Å². The summed E-state index contributed by atoms with van der Waals surface area (Å²) in [6.45, 7) is 6.93. The zero-order chi connectivity index (χ0) is 19.8. The van der Waals surface area contributed by atoms with Gasteiger partial charge in [-0.2, -0.15) is 0 Å². The fraction of sp³-hybridized carbons (Fsp3) is 0.556. The first-order chi connectivity index (χ1) is 13.0. The largest absolute Gasteiger partial charge is 0.469 e. The van der Waals surface area contributed by atoms with E-state index in [0.717, 1.165) is 12.5 Å². The Labute approximate surface area is 158 Å². The number of ether oxygens (including phenoxy) is 1. The third-order valence-corrected chi connectivity index (χ3v) is 4.54. The number of hydrogen-bond acceptors (Lipinski definition) is 6. The number of benzene rings is 1. The molecule has 0 amide bonds. The van der Waals surface area contributed by atoms with Crippen LogP contribution in [0.3, 0.4) is 0 Å². The van der Waals surface area contributed by atoms with E-state index in [0.29, 0.717) is 31.9 Å². The lowest BCUT2D eigenvalue weighted by Gasteiger charge is -2.21. The molecule has 0 aromatic heterocycles. The maximum atomic E-state index is 11.9. The highest BCUT2D eigenvalue weighted by atomic mass is 16.6. The molecule has 0 radical (unpaired) electrons. The van der Waals surface area contributed by atoms with Crippen LogP contribution >= 0.6 is 0 Å². The molecular weight excluding hydrogens is 350 g/mol. The van der Waals surface area contributed by atoms with Crippen molar-refractivity contribution in [2.75, 3.05) is 45.2 Å². The summed E-state index contributed by atoms with van der Waals surface area (Å²) in [6.07, 6.45) is 0. The lowest BCUT2D eigenvalue weighted by molar-refractivity contribution is -0.384. The average molecular weight is 377 g/mol. The number of esters is 1. The first-order valence-corrected chi connectivity index (χ1v) is 9.06. The standard InChI is InChI=1S/C18H27N5O4/c1-4-19-18(22-11-13(2)14(12-22)17(24)27-3)21-10-9-20-15-7-5-6-8-16(15)23(25)26/h5-8,13-14,20H,4,9-12H2,1-3H3,(H,19,21). The number of nitrogens with one attached hydrogen (secondary N) is 2. The molecule has 2 atom stereocenters. The van der Waals surface area contributed by atoms with Crippen molar-refractivity contribution in [1.29, 1.82) is 0 Å². The number of para-hydroxylation sites is 2. The minimum atomic E-state index is -0.408. The smallest absolute Gasteiger partial charge is 0.310 e. The van der Waals surface area contributed by atoms with Gasteiger partial charge in [0.1, 0.15) is 5.69 Å². The van der Waals surface area contributed by atoms with Crippen LogP contribution < -0.4 is 10.6 Å². The van der Waals surface area contributed by atoms with Gasteiger partial charge >= 0.3 is 5.97 Å². The molecule has 9 nitrogen and oxygen atoms in total. The fourth-order valence-electron chi connectivity index (χ4n) is 3.16. The van der Waals surface area contributed by atoms with Crippen molar-refractivity contribution in [2.45, 2.75) is 13.8 Å². The minimum Gasteiger partial charge on any atom is -0.469 e. The first kappa shape index (κ1) is 20.5. The normalized spacial score (nSPS) is 19.7. The summed E-state index contributed by atoms with van der Waals surface area (Å²) in [4.78, 5) is 29.2. The molecule has 148 valence electrons. The van der Waals surface area contributed by atoms with Crippen molar-refractivity contribution in [3.63, 3.8) is 0 Å². The molecule has 1 aliphatic heterocycles. The van der Waals surface area contributed by atoms with E-state index in [2.05, 4.69) is 20.5 Å². The molecule has 0 spiro atoms. The molecule has 1 aliphatic rings. The lowest BCUT2D eigenvalue weighted by Crippen LogP contribution is -2.41. The van der Waals surface area contributed by atoms with E-state index in [1.165, 1.54) is 13.2 Å². The number of hydrogen-bond donors (Lipinski definition) is 2. The Morgan fingerprint density at radius 2 is 2.15 bits per heavy atom. The molecular formula is C18H27N5O4. The fourth-order valence-corrected chi connectivity index (χ4v) is 3.16. The lowest BCUT2D eigenvalue weighted by atomic mass is 9.99. The summed E-state index contributed by atoms with van der Waals surface area (Å²) in [5.74, 6) is 0.564. The second kappa shape index (κ2) is 9.75. The molecule has 27 heavy (non-hydrogen) atoms. The topological polar surface area (TPSA) is 109 Å². The molecule has 0 bridgehead atoms. The Balaban J connectivity index is 1.96. The number of carbonyl (C=O) groups excluding carboxylic acids is 1. The number of likely N-dealkylation sites (tertiary alicyclic amines) is 1. The number of carbonyl (C=O) groups is 1. The molecule has 0 saturated carbocycles. The Morgan fingerprint density at radius 1 is 1.41 bits per heavy atom. The van der Waals surface area contributed by atoms with E-state index in [1.54, 1.807) is 18.2 Å². The quantitative estimate of drug-likeness (QED) is 0.186. The first-order valence-electron chi connectivity index (χ1n) is 9.06. The summed E-state index contributed by atoms with van der Waals surface area (Å²) in [5.41, 5.74) is 0.519. The van der Waals surface area contributed by atoms with Gasteiger partial charge in [-0.15, -0.1) is 0 Å². The SMILES string of the molecule is CCNC(=NCCNc1ccccc1[N+](=O)[O-])N1CC(C)C(C(=O)OC)C1. The van der Waals surface area contributed by atoms with Crippen LogP contribution in [-0.2, 0) is 9.53 Å². The van der Waals surface area contributed by atoms with Crippen molar-refractivity contribution >= 4 is 23.3 Å². The Bertz CT molecular complexity index is 694. The van der Waals surface area contributed by atoms with Crippen LogP contribution in [0.4, 0.5) is 11.4 Å². The van der Waals surface area contributed by atoms with Gasteiger partial charge in [0.25, 0.3) is 5.69 Å². The zero-order valence-corrected chi connectivity index (χ0v) is 16.0. The highest BCUT2D eigenvalue weighted by Crippen LogP contribution is 2.24. The Hall–Kier alpha value is -2.84. The van der Waals surface area contributed by atoms with E-state index in [-0.39, 0.29) is 23.5 Å². The molecule has 1 aromatic rings. The number of methoxy groups -OCH3 is 1. The van der Waals surface area contributed by atoms with Gasteiger partial charge in [-0.25, -0.2) is 0 Å². The second-order valence-corrected chi connectivity index (χ2v) is 6.45. The molecule has 2 N–H and O–H groups in total. The number of nitrogens with zero attached hydrogens (tertiary/aromatic N) is 3. The third kappa shape index (κ3) is 5.32. The van der Waals surface area contributed by atoms with Crippen LogP contribution in [0.5, 0.6) is 0 Å². The van der Waals surface area contributed by atoms with Crippen LogP contribution in [0, 0.1) is 22.0 Å². The average Bonchev–Trinajstić information content (AvgIpc) is 3.05. The Morgan fingerprint density at radius 3 is 2.81 bits per heavy atom. The monoisotopic (exact) mass is 377 g/mol. The molecule has 1 saturated heterocycles. The second-order valence-electron chi connectivity index (χ2n) is 6.45. The molecule has 1 heterocycles. The van der Waals surface area contributed by atoms with E-state index >= 15 is 0 Å². The summed E-state index contributed by atoms with van der Waals surface area (Å²) in [7, 11) is 1.41. The van der Waals surface area contributed by atoms with Gasteiger partial charge in [-0.3, -0.25) is 19.9 Å². The third-order valence-electron chi connectivity index (χ3n) is 4.54. The number of anilines is 1. The predicted octanol–water partition coefficient (Wildman–Crippen LogP) is 1.71. The van der Waals surface area contributed by atoms with Gasteiger partial charge in [0.15, 0.2) is 5.96 Å². The molecule has 1 fully saturated rings. The minimum absolute atomic E-state index is 0.0441. The maximum absolute atomic E-state index is 11.9. The summed E-state index contributed by atoms with van der Waals surface area (Å²) < 4.78 is 4.88.